The highest BCUT2D eigenvalue weighted by Crippen LogP contribution is 2.33. The van der Waals surface area contributed by atoms with Gasteiger partial charge in [0.1, 0.15) is 0 Å². The highest BCUT2D eigenvalue weighted by atomic mass is 15.1. The van der Waals surface area contributed by atoms with Crippen molar-refractivity contribution in [3.8, 4) is 0 Å². The molecule has 2 rings (SSSR count). The maximum absolute atomic E-state index is 6.03. The lowest BCUT2D eigenvalue weighted by atomic mass is 9.78. The first-order valence-electron chi connectivity index (χ1n) is 7.61. The van der Waals surface area contributed by atoms with Gasteiger partial charge in [-0.2, -0.15) is 0 Å². The minimum absolute atomic E-state index is 0.642. The van der Waals surface area contributed by atoms with E-state index in [1.54, 1.807) is 0 Å². The van der Waals surface area contributed by atoms with Crippen molar-refractivity contribution in [2.24, 2.45) is 23.5 Å². The Labute approximate surface area is 107 Å². The van der Waals surface area contributed by atoms with Crippen LogP contribution in [-0.4, -0.2) is 31.1 Å². The predicted molar refractivity (Wildman–Crippen MR) is 73.9 cm³/mol. The fraction of sp³-hybridized carbons (Fsp3) is 1.00. The molecule has 0 heterocycles. The molecule has 0 aliphatic heterocycles. The van der Waals surface area contributed by atoms with Crippen molar-refractivity contribution in [2.75, 3.05) is 20.1 Å². The lowest BCUT2D eigenvalue weighted by Gasteiger charge is -2.40. The third-order valence-corrected chi connectivity index (χ3v) is 5.18. The molecule has 2 aliphatic carbocycles. The molecule has 0 amide bonds. The molecule has 1 unspecified atom stereocenters. The normalized spacial score (nSPS) is 32.5. The van der Waals surface area contributed by atoms with Crippen LogP contribution >= 0.6 is 0 Å². The zero-order chi connectivity index (χ0) is 12.3. The van der Waals surface area contributed by atoms with Crippen LogP contribution in [0.4, 0.5) is 0 Å². The van der Waals surface area contributed by atoms with E-state index in [0.717, 1.165) is 24.3 Å². The summed E-state index contributed by atoms with van der Waals surface area (Å²) in [6.45, 7) is 4.53. The molecule has 100 valence electrons. The fourth-order valence-electron chi connectivity index (χ4n) is 3.62. The molecule has 0 bridgehead atoms. The number of rotatable bonds is 5. The summed E-state index contributed by atoms with van der Waals surface area (Å²) in [6.07, 6.45) is 9.98. The van der Waals surface area contributed by atoms with E-state index in [4.69, 9.17) is 5.73 Å². The average Bonchev–Trinajstić information content (AvgIpc) is 2.27. The van der Waals surface area contributed by atoms with Gasteiger partial charge in [0.05, 0.1) is 0 Å². The predicted octanol–water partition coefficient (Wildman–Crippen LogP) is 2.87. The van der Waals surface area contributed by atoms with E-state index < -0.39 is 0 Å². The minimum Gasteiger partial charge on any atom is -0.329 e. The highest BCUT2D eigenvalue weighted by Gasteiger charge is 2.29. The molecule has 0 radical (unpaired) electrons. The van der Waals surface area contributed by atoms with Crippen molar-refractivity contribution >= 4 is 0 Å². The van der Waals surface area contributed by atoms with Gasteiger partial charge in [0.25, 0.3) is 0 Å². The molecule has 1 atom stereocenters. The van der Waals surface area contributed by atoms with Crippen molar-refractivity contribution in [1.82, 2.24) is 4.90 Å². The van der Waals surface area contributed by atoms with Crippen LogP contribution in [0.25, 0.3) is 0 Å². The first-order valence-corrected chi connectivity index (χ1v) is 7.61. The third-order valence-electron chi connectivity index (χ3n) is 5.18. The molecule has 2 fully saturated rings. The molecule has 2 heteroatoms. The Balaban J connectivity index is 1.81. The zero-order valence-corrected chi connectivity index (χ0v) is 11.7. The van der Waals surface area contributed by atoms with Crippen molar-refractivity contribution in [3.05, 3.63) is 0 Å². The second-order valence-electron chi connectivity index (χ2n) is 6.56. The molecule has 2 saturated carbocycles. The highest BCUT2D eigenvalue weighted by molar-refractivity contribution is 4.84. The van der Waals surface area contributed by atoms with Gasteiger partial charge >= 0.3 is 0 Å². The molecule has 2 nitrogen and oxygen atoms in total. The van der Waals surface area contributed by atoms with Gasteiger partial charge in [0, 0.05) is 19.1 Å². The van der Waals surface area contributed by atoms with Crippen molar-refractivity contribution in [1.29, 1.82) is 0 Å². The minimum atomic E-state index is 0.642. The smallest absolute Gasteiger partial charge is 0.0243 e. The number of likely N-dealkylation sites (N-methyl/N-ethyl adjacent to an activating group) is 1. The van der Waals surface area contributed by atoms with Crippen LogP contribution in [-0.2, 0) is 0 Å². The number of hydrogen-bond donors (Lipinski definition) is 1. The Bertz CT molecular complexity index is 217. The Morgan fingerprint density at radius 3 is 2.24 bits per heavy atom. The molecule has 0 aromatic rings. The Morgan fingerprint density at radius 1 is 1.12 bits per heavy atom. The topological polar surface area (TPSA) is 29.3 Å². The standard InChI is InChI=1S/C15H30N2/c1-12-6-8-14(9-7-12)15(10-16)17(2)11-13-4-3-5-13/h12-15H,3-11,16H2,1-2H3. The lowest BCUT2D eigenvalue weighted by Crippen LogP contribution is -2.47. The van der Waals surface area contributed by atoms with Crippen molar-refractivity contribution < 1.29 is 0 Å². The van der Waals surface area contributed by atoms with Gasteiger partial charge in [-0.3, -0.25) is 0 Å². The van der Waals surface area contributed by atoms with Gasteiger partial charge in [-0.25, -0.2) is 0 Å². The second kappa shape index (κ2) is 6.19. The zero-order valence-electron chi connectivity index (χ0n) is 11.7. The summed E-state index contributed by atoms with van der Waals surface area (Å²) >= 11 is 0. The van der Waals surface area contributed by atoms with Gasteiger partial charge in [-0.15, -0.1) is 0 Å². The van der Waals surface area contributed by atoms with Gasteiger partial charge < -0.3 is 10.6 Å². The molecular formula is C15H30N2. The molecule has 17 heavy (non-hydrogen) atoms. The molecule has 0 aromatic carbocycles. The van der Waals surface area contributed by atoms with Crippen LogP contribution < -0.4 is 5.73 Å². The van der Waals surface area contributed by atoms with E-state index in [-0.39, 0.29) is 0 Å². The maximum atomic E-state index is 6.03. The lowest BCUT2D eigenvalue weighted by molar-refractivity contribution is 0.102. The molecule has 2 aliphatic rings. The summed E-state index contributed by atoms with van der Waals surface area (Å²) in [6, 6.07) is 0.642. The first kappa shape index (κ1) is 13.4. The average molecular weight is 238 g/mol. The van der Waals surface area contributed by atoms with Crippen LogP contribution in [0.1, 0.15) is 51.9 Å². The summed E-state index contributed by atoms with van der Waals surface area (Å²) < 4.78 is 0. The molecule has 2 N–H and O–H groups in total. The van der Waals surface area contributed by atoms with Gasteiger partial charge in [0.2, 0.25) is 0 Å². The molecule has 0 aromatic heterocycles. The summed E-state index contributed by atoms with van der Waals surface area (Å²) in [4.78, 5) is 2.57. The largest absolute Gasteiger partial charge is 0.329 e. The van der Waals surface area contributed by atoms with Crippen LogP contribution in [0, 0.1) is 17.8 Å². The van der Waals surface area contributed by atoms with Crippen LogP contribution in [0.2, 0.25) is 0 Å². The third kappa shape index (κ3) is 3.45. The number of nitrogens with two attached hydrogens (primary N) is 1. The maximum Gasteiger partial charge on any atom is 0.0243 e. The van der Waals surface area contributed by atoms with E-state index in [9.17, 15) is 0 Å². The molecular weight excluding hydrogens is 208 g/mol. The molecule has 0 spiro atoms. The van der Waals surface area contributed by atoms with E-state index in [1.807, 2.05) is 0 Å². The number of nitrogens with zero attached hydrogens (tertiary/aromatic N) is 1. The quantitative estimate of drug-likeness (QED) is 0.798. The first-order chi connectivity index (χ1) is 8.20. The summed E-state index contributed by atoms with van der Waals surface area (Å²) in [7, 11) is 2.30. The molecule has 0 saturated heterocycles. The van der Waals surface area contributed by atoms with Crippen LogP contribution in [0.3, 0.4) is 0 Å². The summed E-state index contributed by atoms with van der Waals surface area (Å²) in [5.74, 6) is 2.78. The van der Waals surface area contributed by atoms with Gasteiger partial charge in [-0.1, -0.05) is 26.2 Å². The van der Waals surface area contributed by atoms with E-state index >= 15 is 0 Å². The van der Waals surface area contributed by atoms with Crippen LogP contribution in [0.15, 0.2) is 0 Å². The number of hydrogen-bond acceptors (Lipinski definition) is 2. The van der Waals surface area contributed by atoms with E-state index in [0.29, 0.717) is 6.04 Å². The van der Waals surface area contributed by atoms with Gasteiger partial charge in [0.15, 0.2) is 0 Å². The SMILES string of the molecule is CC1CCC(C(CN)N(C)CC2CCC2)CC1. The van der Waals surface area contributed by atoms with Crippen molar-refractivity contribution in [2.45, 2.75) is 57.9 Å². The van der Waals surface area contributed by atoms with Crippen LogP contribution in [0.5, 0.6) is 0 Å². The Hall–Kier alpha value is -0.0800. The Morgan fingerprint density at radius 2 is 1.76 bits per heavy atom. The van der Waals surface area contributed by atoms with Crippen molar-refractivity contribution in [3.63, 3.8) is 0 Å². The fourth-order valence-corrected chi connectivity index (χ4v) is 3.62. The van der Waals surface area contributed by atoms with Gasteiger partial charge in [-0.05, 0) is 50.5 Å². The monoisotopic (exact) mass is 238 g/mol. The van der Waals surface area contributed by atoms with E-state index in [1.165, 1.54) is 51.5 Å². The summed E-state index contributed by atoms with van der Waals surface area (Å²) in [5, 5.41) is 0. The second-order valence-corrected chi connectivity index (χ2v) is 6.56. The van der Waals surface area contributed by atoms with E-state index in [2.05, 4.69) is 18.9 Å². The Kier molecular flexibility index (Phi) is 4.87. The summed E-state index contributed by atoms with van der Waals surface area (Å²) in [5.41, 5.74) is 6.03.